The lowest BCUT2D eigenvalue weighted by molar-refractivity contribution is 0.891. The summed E-state index contributed by atoms with van der Waals surface area (Å²) in [6, 6.07) is -5.47. The molecule has 0 N–H and O–H groups in total. The maximum Gasteiger partial charge on any atom is 0.240 e. The first kappa shape index (κ1) is 21.1. The summed E-state index contributed by atoms with van der Waals surface area (Å²) in [5, 5.41) is -0.711. The van der Waals surface area contributed by atoms with Crippen LogP contribution in [0.4, 0.5) is 0 Å². The highest BCUT2D eigenvalue weighted by molar-refractivity contribution is 7.26. The molecule has 71 heavy (non-hydrogen) atoms. The molecule has 7 nitrogen and oxygen atoms in total. The van der Waals surface area contributed by atoms with Crippen molar-refractivity contribution in [3.8, 4) is 34.7 Å². The molecule has 0 saturated carbocycles. The summed E-state index contributed by atoms with van der Waals surface area (Å²) < 4.78 is 259. The zero-order valence-corrected chi connectivity index (χ0v) is 36.6. The molecule has 6 heterocycles. The first-order chi connectivity index (χ1) is 46.5. The molecule has 0 spiro atoms. The lowest BCUT2D eigenvalue weighted by Gasteiger charge is -2.20. The van der Waals surface area contributed by atoms with E-state index >= 15 is 0 Å². The van der Waals surface area contributed by atoms with Crippen molar-refractivity contribution < 1.29 is 37.0 Å². The van der Waals surface area contributed by atoms with E-state index in [1.165, 1.54) is 11.3 Å². The summed E-state index contributed by atoms with van der Waals surface area (Å²) in [7, 11) is 0. The molecular formula is C63H37N7S. The van der Waals surface area contributed by atoms with E-state index in [2.05, 4.69) is 0 Å². The molecule has 0 aliphatic carbocycles. The molecule has 330 valence electrons. The average molecular weight is 951 g/mol. The quantitative estimate of drug-likeness (QED) is 0.173. The van der Waals surface area contributed by atoms with E-state index in [-0.39, 0.29) is 5.52 Å². The predicted octanol–water partition coefficient (Wildman–Crippen LogP) is 16.3. The number of fused-ring (bicyclic) bond motifs is 16. The van der Waals surface area contributed by atoms with Crippen LogP contribution in [0.25, 0.3) is 142 Å². The van der Waals surface area contributed by atoms with Crippen LogP contribution in [0.15, 0.2) is 224 Å². The second-order valence-corrected chi connectivity index (χ2v) is 17.4. The number of aromatic nitrogens is 7. The molecule has 10 aromatic carbocycles. The predicted molar refractivity (Wildman–Crippen MR) is 296 cm³/mol. The summed E-state index contributed by atoms with van der Waals surface area (Å²) >= 11 is 1.41. The summed E-state index contributed by atoms with van der Waals surface area (Å²) in [5.41, 5.74) is -4.88. The normalized spacial score (nSPS) is 17.5. The Morgan fingerprint density at radius 1 is 0.324 bits per heavy atom. The Kier molecular flexibility index (Phi) is 4.33. The monoisotopic (exact) mass is 950 g/mol. The second kappa shape index (κ2) is 14.6. The van der Waals surface area contributed by atoms with E-state index in [1.54, 1.807) is 28.8 Å². The van der Waals surface area contributed by atoms with Crippen LogP contribution in [0.5, 0.6) is 0 Å². The van der Waals surface area contributed by atoms with Gasteiger partial charge in [-0.05, 0) is 66.5 Å². The van der Waals surface area contributed by atoms with Crippen LogP contribution in [0.1, 0.15) is 37.0 Å². The number of hydrogen-bond donors (Lipinski definition) is 0. The van der Waals surface area contributed by atoms with Crippen LogP contribution in [0.2, 0.25) is 0 Å². The molecule has 0 unspecified atom stereocenters. The average Bonchev–Trinajstić information content (AvgIpc) is 1.54. The smallest absolute Gasteiger partial charge is 0.240 e. The Morgan fingerprint density at radius 2 is 0.761 bits per heavy atom. The van der Waals surface area contributed by atoms with Gasteiger partial charge in [-0.2, -0.15) is 15.0 Å². The maximum absolute atomic E-state index is 10.5. The third kappa shape index (κ3) is 5.34. The van der Waals surface area contributed by atoms with Gasteiger partial charge in [-0.1, -0.05) is 157 Å². The number of thiophene rings is 1. The Labute approximate surface area is 446 Å². The van der Waals surface area contributed by atoms with Gasteiger partial charge in [0.25, 0.3) is 0 Å². The largest absolute Gasteiger partial charge is 0.308 e. The van der Waals surface area contributed by atoms with Gasteiger partial charge in [-0.25, -0.2) is 0 Å². The lowest BCUT2D eigenvalue weighted by atomic mass is 10.1. The number of para-hydroxylation sites is 7. The molecule has 16 aromatic rings. The Hall–Kier alpha value is -9.37. The SMILES string of the molecule is [2H]c1c([2H])c(-n2c3c([2H])c([2H])c([2H])c([2H])c3c3c([2H])c([2H])c([2H])c([2H])c32)c(-c2nc(-n3c4c([2H])c([2H])c([2H])c([2H])c4c4c([2H])c([2H])c([2H])c([2H])c43)nc(-n3c4c([2H])c([2H])c([2H])c([2H])c4c4c([2H])c([2H])c([2H])c([2H])c43)n2)c(-n2c3ccccc3c3ccc4sc5ccccc5c4c32)c1[2H]. The van der Waals surface area contributed by atoms with Crippen molar-refractivity contribution in [1.82, 2.24) is 33.2 Å². The standard InChI is InChI=1S/C63H37N7S/c1-9-26-47-38(18-1)39-19-2-10-27-48(39)67(47)54-33-17-34-55(68-49-28-11-7-24-44(49)45-36-37-57-58(60(45)68)46-25-8-16-35-56(46)71-57)59(54)61-64-62(69-50-29-12-3-20-40(50)41-21-4-13-30-51(41)69)66-63(65-61)70-52-31-14-5-22-42(52)43-23-6-15-32-53(43)70/h1-37H/i1D,2D,3D,4D,5D,6D,9D,10D,12D,13D,14D,15D,17D,18D,19D,20D,21D,22D,23D,26D,27D,29D,30D,31D,32D,33D,34D. The summed E-state index contributed by atoms with van der Waals surface area (Å²) in [4.78, 5) is 15.1. The number of benzene rings is 10. The minimum Gasteiger partial charge on any atom is -0.308 e. The highest BCUT2D eigenvalue weighted by Crippen LogP contribution is 2.46. The number of nitrogens with zero attached hydrogens (tertiary/aromatic N) is 7. The minimum absolute atomic E-state index is 0.285. The van der Waals surface area contributed by atoms with Gasteiger partial charge < -0.3 is 9.13 Å². The number of rotatable bonds is 5. The van der Waals surface area contributed by atoms with E-state index in [0.717, 1.165) is 18.4 Å². The van der Waals surface area contributed by atoms with Gasteiger partial charge in [0.1, 0.15) is 0 Å². The molecule has 0 saturated heterocycles. The molecule has 0 aliphatic rings. The van der Waals surface area contributed by atoms with Crippen molar-refractivity contribution in [2.24, 2.45) is 0 Å². The van der Waals surface area contributed by atoms with Gasteiger partial charge in [0.2, 0.25) is 11.9 Å². The van der Waals surface area contributed by atoms with Crippen molar-refractivity contribution in [2.75, 3.05) is 0 Å². The fourth-order valence-corrected chi connectivity index (χ4v) is 11.1. The van der Waals surface area contributed by atoms with E-state index < -0.39 is 263 Å². The molecule has 16 rings (SSSR count). The molecule has 0 atom stereocenters. The molecule has 0 fully saturated rings. The fraction of sp³-hybridized carbons (Fsp3) is 0. The second-order valence-electron chi connectivity index (χ2n) is 16.3. The van der Waals surface area contributed by atoms with Crippen LogP contribution in [0.3, 0.4) is 0 Å². The van der Waals surface area contributed by atoms with E-state index in [9.17, 15) is 23.3 Å². The van der Waals surface area contributed by atoms with Gasteiger partial charge >= 0.3 is 0 Å². The molecule has 6 aromatic heterocycles. The van der Waals surface area contributed by atoms with Gasteiger partial charge in [-0.3, -0.25) is 9.13 Å². The number of hydrogen-bond acceptors (Lipinski definition) is 4. The van der Waals surface area contributed by atoms with Crippen molar-refractivity contribution in [1.29, 1.82) is 0 Å². The molecule has 0 bridgehead atoms. The zero-order chi connectivity index (χ0) is 69.8. The van der Waals surface area contributed by atoms with Crippen molar-refractivity contribution in [3.63, 3.8) is 0 Å². The van der Waals surface area contributed by atoms with Gasteiger partial charge in [-0.15, -0.1) is 11.3 Å². The fourth-order valence-electron chi connectivity index (χ4n) is 9.98. The van der Waals surface area contributed by atoms with Gasteiger partial charge in [0, 0.05) is 63.3 Å². The van der Waals surface area contributed by atoms with Crippen LogP contribution < -0.4 is 0 Å². The van der Waals surface area contributed by atoms with E-state index in [0.29, 0.717) is 31.8 Å². The molecule has 8 heteroatoms. The molecule has 0 amide bonds. The third-order valence-electron chi connectivity index (χ3n) is 12.8. The summed E-state index contributed by atoms with van der Waals surface area (Å²) in [5.74, 6) is -2.67. The highest BCUT2D eigenvalue weighted by Gasteiger charge is 2.28. The Bertz CT molecular complexity index is 6130. The lowest BCUT2D eigenvalue weighted by Crippen LogP contribution is -2.12. The van der Waals surface area contributed by atoms with Crippen LogP contribution in [-0.2, 0) is 0 Å². The minimum atomic E-state index is -0.997. The first-order valence-electron chi connectivity index (χ1n) is 35.2. The van der Waals surface area contributed by atoms with Gasteiger partial charge in [0.15, 0.2) is 5.82 Å². The zero-order valence-electron chi connectivity index (χ0n) is 62.8. The Balaban J connectivity index is 1.25. The molecule has 0 aliphatic heterocycles. The molecule has 0 radical (unpaired) electrons. The molecular weight excluding hydrogens is 887 g/mol. The Morgan fingerprint density at radius 3 is 1.28 bits per heavy atom. The van der Waals surface area contributed by atoms with Crippen molar-refractivity contribution in [2.45, 2.75) is 0 Å². The van der Waals surface area contributed by atoms with E-state index in [1.807, 2.05) is 36.4 Å². The van der Waals surface area contributed by atoms with Crippen molar-refractivity contribution >= 4 is 119 Å². The van der Waals surface area contributed by atoms with Gasteiger partial charge in [0.05, 0.1) is 98.1 Å². The van der Waals surface area contributed by atoms with Crippen LogP contribution in [0, 0.1) is 0 Å². The first-order valence-corrected chi connectivity index (χ1v) is 22.6. The van der Waals surface area contributed by atoms with Crippen LogP contribution >= 0.6 is 11.3 Å². The highest BCUT2D eigenvalue weighted by atomic mass is 32.1. The third-order valence-corrected chi connectivity index (χ3v) is 13.9. The van der Waals surface area contributed by atoms with Crippen LogP contribution in [-0.4, -0.2) is 33.2 Å². The van der Waals surface area contributed by atoms with E-state index in [4.69, 9.17) is 28.7 Å². The summed E-state index contributed by atoms with van der Waals surface area (Å²) in [6.45, 7) is 0. The maximum atomic E-state index is 10.5. The van der Waals surface area contributed by atoms with Crippen molar-refractivity contribution in [3.05, 3.63) is 224 Å². The topological polar surface area (TPSA) is 58.4 Å². The summed E-state index contributed by atoms with van der Waals surface area (Å²) in [6.07, 6.45) is 0.